The smallest absolute Gasteiger partial charge is 1.00 e. The average Bonchev–Trinajstić information content (AvgIpc) is 1.36. The molecule has 0 aliphatic heterocycles. The summed E-state index contributed by atoms with van der Waals surface area (Å²) >= 11 is 0. The monoisotopic (exact) mass is 130 g/mol. The molecule has 0 aliphatic carbocycles. The van der Waals surface area contributed by atoms with Gasteiger partial charge in [0.15, 0.2) is 0 Å². The Morgan fingerprint density at radius 1 is 1.14 bits per heavy atom. The van der Waals surface area contributed by atoms with E-state index in [9.17, 15) is 0 Å². The summed E-state index contributed by atoms with van der Waals surface area (Å²) in [6, 6.07) is 0. The van der Waals surface area contributed by atoms with Gasteiger partial charge in [-0.05, 0) is 0 Å². The van der Waals surface area contributed by atoms with Crippen molar-refractivity contribution >= 4 is 11.9 Å². The van der Waals surface area contributed by atoms with Crippen LogP contribution in [0.25, 0.3) is 0 Å². The first-order valence-electron chi connectivity index (χ1n) is 1.11. The summed E-state index contributed by atoms with van der Waals surface area (Å²) in [7, 11) is 0. The molecule has 4 nitrogen and oxygen atoms in total. The summed E-state index contributed by atoms with van der Waals surface area (Å²) in [6.07, 6.45) is 0. The fourth-order valence-electron chi connectivity index (χ4n) is 0. The molecule has 0 radical (unpaired) electrons. The maximum absolute atomic E-state index is 9.10. The predicted molar refractivity (Wildman–Crippen MR) is 16.4 cm³/mol. The number of carbonyl (C=O) groups is 2. The molecule has 0 rings (SSSR count). The van der Waals surface area contributed by atoms with Gasteiger partial charge in [0.2, 0.25) is 0 Å². The van der Waals surface area contributed by atoms with Crippen molar-refractivity contribution in [3.8, 4) is 0 Å². The Morgan fingerprint density at radius 2 is 1.29 bits per heavy atom. The van der Waals surface area contributed by atoms with Gasteiger partial charge in [0.25, 0.3) is 0 Å². The molecule has 0 fully saturated rings. The molecule has 0 heterocycles. The van der Waals surface area contributed by atoms with Crippen LogP contribution in [0.1, 0.15) is 1.43 Å². The summed E-state index contributed by atoms with van der Waals surface area (Å²) in [4.78, 5) is 18.2. The van der Waals surface area contributed by atoms with Crippen LogP contribution in [0.4, 0.5) is 0 Å². The third kappa shape index (κ3) is 6.58. The van der Waals surface area contributed by atoms with Crippen LogP contribution >= 0.6 is 0 Å². The van der Waals surface area contributed by atoms with Crippen LogP contribution in [-0.4, -0.2) is 22.2 Å². The van der Waals surface area contributed by atoms with Gasteiger partial charge in [-0.15, -0.1) is 0 Å². The van der Waals surface area contributed by atoms with Crippen LogP contribution in [0.3, 0.4) is 0 Å². The summed E-state index contributed by atoms with van der Waals surface area (Å²) in [5.41, 5.74) is 0. The van der Waals surface area contributed by atoms with Crippen LogP contribution in [-0.2, 0) is 9.59 Å². The maximum Gasteiger partial charge on any atom is 1.00 e. The molecule has 0 aromatic carbocycles. The van der Waals surface area contributed by atoms with Gasteiger partial charge in [-0.2, -0.15) is 0 Å². The van der Waals surface area contributed by atoms with Crippen molar-refractivity contribution in [3.63, 3.8) is 0 Å². The van der Waals surface area contributed by atoms with Crippen LogP contribution in [0.15, 0.2) is 0 Å². The summed E-state index contributed by atoms with van der Waals surface area (Å²) in [6.45, 7) is 0. The van der Waals surface area contributed by atoms with E-state index in [1.807, 2.05) is 0 Å². The van der Waals surface area contributed by atoms with Crippen LogP contribution in [0.5, 0.6) is 0 Å². The van der Waals surface area contributed by atoms with Crippen molar-refractivity contribution in [3.05, 3.63) is 0 Å². The molecular weight excluding hydrogens is 127 g/mol. The predicted octanol–water partition coefficient (Wildman–Crippen LogP) is -3.73. The van der Waals surface area contributed by atoms with Gasteiger partial charge in [0.1, 0.15) is 0 Å². The molecule has 36 valence electrons. The fourth-order valence-corrected chi connectivity index (χ4v) is 0. The molecular formula is C2H3KO4. The Labute approximate surface area is 83.4 Å². The number of carboxylic acids is 2. The summed E-state index contributed by atoms with van der Waals surface area (Å²) in [5, 5.41) is 14.8. The first-order chi connectivity index (χ1) is 2.64. The van der Waals surface area contributed by atoms with Crippen molar-refractivity contribution in [1.82, 2.24) is 0 Å². The molecule has 0 atom stereocenters. The number of aliphatic carboxylic acids is 2. The molecule has 0 bridgehead atoms. The molecule has 0 aromatic rings. The first-order valence-corrected chi connectivity index (χ1v) is 1.11. The third-order valence-corrected chi connectivity index (χ3v) is 0.183. The van der Waals surface area contributed by atoms with E-state index in [2.05, 4.69) is 0 Å². The van der Waals surface area contributed by atoms with Crippen LogP contribution in [0, 0.1) is 0 Å². The van der Waals surface area contributed by atoms with Gasteiger partial charge in [-0.3, -0.25) is 0 Å². The fraction of sp³-hybridized carbons (Fsp3) is 0. The van der Waals surface area contributed by atoms with E-state index in [0.29, 0.717) is 0 Å². The van der Waals surface area contributed by atoms with Gasteiger partial charge in [-0.1, -0.05) is 0 Å². The van der Waals surface area contributed by atoms with Crippen molar-refractivity contribution in [1.29, 1.82) is 0 Å². The van der Waals surface area contributed by atoms with Crippen LogP contribution in [0.2, 0.25) is 0 Å². The van der Waals surface area contributed by atoms with Crippen molar-refractivity contribution < 1.29 is 72.6 Å². The molecule has 0 aromatic heterocycles. The largest absolute Gasteiger partial charge is 1.00 e. The molecule has 2 N–H and O–H groups in total. The van der Waals surface area contributed by atoms with Gasteiger partial charge >= 0.3 is 63.3 Å². The second-order valence-corrected chi connectivity index (χ2v) is 0.610. The van der Waals surface area contributed by atoms with Crippen molar-refractivity contribution in [2.75, 3.05) is 0 Å². The average molecular weight is 130 g/mol. The molecule has 0 aliphatic rings. The first kappa shape index (κ1) is 10.5. The molecule has 0 unspecified atom stereocenters. The van der Waals surface area contributed by atoms with E-state index in [4.69, 9.17) is 19.8 Å². The number of hydrogen-bond acceptors (Lipinski definition) is 2. The molecule has 7 heavy (non-hydrogen) atoms. The Kier molecular flexibility index (Phi) is 7.12. The van der Waals surface area contributed by atoms with Gasteiger partial charge in [-0.25, -0.2) is 9.59 Å². The standard InChI is InChI=1S/C2H2O4.K.H/c3-1(4)2(5)6;;/h(H,3,4)(H,5,6);;/q;+1;-1. The van der Waals surface area contributed by atoms with E-state index >= 15 is 0 Å². The Balaban J connectivity index is -0.000000125. The zero-order valence-electron chi connectivity index (χ0n) is 4.71. The minimum Gasteiger partial charge on any atom is -1.00 e. The van der Waals surface area contributed by atoms with Crippen molar-refractivity contribution in [2.24, 2.45) is 0 Å². The van der Waals surface area contributed by atoms with Gasteiger partial charge in [0.05, 0.1) is 0 Å². The number of carboxylic acid groups (broad SMARTS) is 2. The van der Waals surface area contributed by atoms with Gasteiger partial charge in [0, 0.05) is 0 Å². The molecule has 0 amide bonds. The van der Waals surface area contributed by atoms with E-state index in [1.54, 1.807) is 0 Å². The quantitative estimate of drug-likeness (QED) is 0.261. The van der Waals surface area contributed by atoms with Crippen LogP contribution < -0.4 is 51.4 Å². The minimum atomic E-state index is -1.82. The second-order valence-electron chi connectivity index (χ2n) is 0.610. The molecule has 5 heteroatoms. The van der Waals surface area contributed by atoms with E-state index in [1.165, 1.54) is 0 Å². The second kappa shape index (κ2) is 4.73. The van der Waals surface area contributed by atoms with E-state index < -0.39 is 11.9 Å². The van der Waals surface area contributed by atoms with Crippen molar-refractivity contribution in [2.45, 2.75) is 0 Å². The summed E-state index contributed by atoms with van der Waals surface area (Å²) in [5.74, 6) is -3.65. The molecule has 0 saturated heterocycles. The zero-order valence-corrected chi connectivity index (χ0v) is 6.83. The summed E-state index contributed by atoms with van der Waals surface area (Å²) < 4.78 is 0. The number of hydrogen-bond donors (Lipinski definition) is 2. The number of rotatable bonds is 0. The zero-order chi connectivity index (χ0) is 5.15. The third-order valence-electron chi connectivity index (χ3n) is 0.183. The molecule has 0 saturated carbocycles. The van der Waals surface area contributed by atoms with E-state index in [0.717, 1.165) is 0 Å². The topological polar surface area (TPSA) is 74.6 Å². The Morgan fingerprint density at radius 3 is 1.29 bits per heavy atom. The minimum absolute atomic E-state index is 0. The van der Waals surface area contributed by atoms with Gasteiger partial charge < -0.3 is 11.6 Å². The maximum atomic E-state index is 9.10. The van der Waals surface area contributed by atoms with E-state index in [-0.39, 0.29) is 52.8 Å². The molecule has 0 spiro atoms. The Hall–Kier alpha value is 0.576. The Bertz CT molecular complexity index is 80.0. The normalized spacial score (nSPS) is 6.29. The SMILES string of the molecule is O=C(O)C(=O)O.[H-].[K+].